The van der Waals surface area contributed by atoms with E-state index in [1.165, 1.54) is 25.0 Å². The van der Waals surface area contributed by atoms with Crippen molar-refractivity contribution in [2.24, 2.45) is 5.92 Å². The molecule has 0 spiro atoms. The normalized spacial score (nSPS) is 15.4. The van der Waals surface area contributed by atoms with Crippen molar-refractivity contribution in [2.75, 3.05) is 6.54 Å². The molecule has 0 heterocycles. The number of carbonyl (C=O) groups is 1. The molecule has 5 nitrogen and oxygen atoms in total. The van der Waals surface area contributed by atoms with Gasteiger partial charge in [0.2, 0.25) is 0 Å². The average Bonchev–Trinajstić information content (AvgIpc) is 2.89. The van der Waals surface area contributed by atoms with Crippen molar-refractivity contribution in [3.8, 4) is 0 Å². The van der Waals surface area contributed by atoms with Crippen LogP contribution in [0.3, 0.4) is 0 Å². The van der Waals surface area contributed by atoms with E-state index in [0.29, 0.717) is 22.5 Å². The number of hydrogen-bond donors (Lipinski definition) is 1. The van der Waals surface area contributed by atoms with Crippen LogP contribution in [0.1, 0.15) is 36.0 Å². The van der Waals surface area contributed by atoms with E-state index in [0.717, 1.165) is 12.8 Å². The fourth-order valence-corrected chi connectivity index (χ4v) is 2.74. The number of nitrogens with zero attached hydrogens (tertiary/aromatic N) is 1. The van der Waals surface area contributed by atoms with Crippen molar-refractivity contribution >= 4 is 27.5 Å². The van der Waals surface area contributed by atoms with Crippen LogP contribution in [0.25, 0.3) is 0 Å². The van der Waals surface area contributed by atoms with Crippen molar-refractivity contribution in [3.63, 3.8) is 0 Å². The molecule has 0 unspecified atom stereocenters. The third-order valence-corrected chi connectivity index (χ3v) is 4.10. The highest BCUT2D eigenvalue weighted by Gasteiger charge is 2.18. The number of hydrogen-bond acceptors (Lipinski definition) is 3. The van der Waals surface area contributed by atoms with Gasteiger partial charge >= 0.3 is 0 Å². The summed E-state index contributed by atoms with van der Waals surface area (Å²) in [4.78, 5) is 22.2. The fraction of sp³-hybridized carbons (Fsp3) is 0.462. The summed E-state index contributed by atoms with van der Waals surface area (Å²) in [6, 6.07) is 4.41. The van der Waals surface area contributed by atoms with Crippen LogP contribution in [-0.2, 0) is 0 Å². The number of nitro benzene ring substituents is 1. The Bertz CT molecular complexity index is 499. The first kappa shape index (κ1) is 14.0. The molecule has 0 bridgehead atoms. The number of carbonyl (C=O) groups excluding carboxylic acids is 1. The first-order valence-electron chi connectivity index (χ1n) is 6.30. The molecule has 102 valence electrons. The summed E-state index contributed by atoms with van der Waals surface area (Å²) in [7, 11) is 0. The standard InChI is InChI=1S/C13H15BrN2O3/c14-11-6-5-10(7-12(11)16(18)19)13(17)15-8-9-3-1-2-4-9/h5-7,9H,1-4,8H2,(H,15,17). The Balaban J connectivity index is 2.02. The highest BCUT2D eigenvalue weighted by atomic mass is 79.9. The van der Waals surface area contributed by atoms with Gasteiger partial charge in [-0.1, -0.05) is 12.8 Å². The van der Waals surface area contributed by atoms with Gasteiger partial charge in [0.05, 0.1) is 9.40 Å². The van der Waals surface area contributed by atoms with Gasteiger partial charge in [0.15, 0.2) is 0 Å². The van der Waals surface area contributed by atoms with Crippen LogP contribution in [0.15, 0.2) is 22.7 Å². The number of rotatable bonds is 4. The van der Waals surface area contributed by atoms with Gasteiger partial charge in [0.25, 0.3) is 11.6 Å². The number of halogens is 1. The van der Waals surface area contributed by atoms with E-state index in [1.54, 1.807) is 6.07 Å². The van der Waals surface area contributed by atoms with Crippen molar-refractivity contribution < 1.29 is 9.72 Å². The van der Waals surface area contributed by atoms with E-state index in [2.05, 4.69) is 21.2 Å². The molecule has 0 aliphatic heterocycles. The monoisotopic (exact) mass is 326 g/mol. The quantitative estimate of drug-likeness (QED) is 0.681. The lowest BCUT2D eigenvalue weighted by Crippen LogP contribution is -2.28. The molecular weight excluding hydrogens is 312 g/mol. The number of nitro groups is 1. The van der Waals surface area contributed by atoms with Gasteiger partial charge in [-0.3, -0.25) is 14.9 Å². The zero-order chi connectivity index (χ0) is 13.8. The molecule has 1 amide bonds. The predicted molar refractivity (Wildman–Crippen MR) is 75.1 cm³/mol. The second-order valence-corrected chi connectivity index (χ2v) is 5.64. The minimum absolute atomic E-state index is 0.0893. The molecular formula is C13H15BrN2O3. The van der Waals surface area contributed by atoms with E-state index in [9.17, 15) is 14.9 Å². The molecule has 1 saturated carbocycles. The first-order valence-corrected chi connectivity index (χ1v) is 7.09. The van der Waals surface area contributed by atoms with Gasteiger partial charge in [0, 0.05) is 18.2 Å². The van der Waals surface area contributed by atoms with Crippen LogP contribution < -0.4 is 5.32 Å². The summed E-state index contributed by atoms with van der Waals surface area (Å²) < 4.78 is 0.379. The van der Waals surface area contributed by atoms with Gasteiger partial charge < -0.3 is 5.32 Å². The summed E-state index contributed by atoms with van der Waals surface area (Å²) in [5, 5.41) is 13.7. The summed E-state index contributed by atoms with van der Waals surface area (Å²) in [6.45, 7) is 0.655. The lowest BCUT2D eigenvalue weighted by molar-refractivity contribution is -0.385. The molecule has 1 fully saturated rings. The number of benzene rings is 1. The molecule has 1 aliphatic rings. The van der Waals surface area contributed by atoms with Crippen LogP contribution in [0, 0.1) is 16.0 Å². The lowest BCUT2D eigenvalue weighted by atomic mass is 10.1. The molecule has 1 N–H and O–H groups in total. The Morgan fingerprint density at radius 1 is 1.42 bits per heavy atom. The minimum Gasteiger partial charge on any atom is -0.352 e. The Hall–Kier alpha value is -1.43. The van der Waals surface area contributed by atoms with E-state index in [1.807, 2.05) is 0 Å². The van der Waals surface area contributed by atoms with E-state index in [-0.39, 0.29) is 11.6 Å². The van der Waals surface area contributed by atoms with Gasteiger partial charge in [-0.2, -0.15) is 0 Å². The molecule has 1 aliphatic carbocycles. The molecule has 2 rings (SSSR count). The summed E-state index contributed by atoms with van der Waals surface area (Å²) in [5.41, 5.74) is 0.237. The van der Waals surface area contributed by atoms with Gasteiger partial charge in [0.1, 0.15) is 0 Å². The highest BCUT2D eigenvalue weighted by Crippen LogP contribution is 2.26. The summed E-state index contributed by atoms with van der Waals surface area (Å²) >= 11 is 3.10. The Morgan fingerprint density at radius 2 is 2.11 bits per heavy atom. The van der Waals surface area contributed by atoms with Crippen LogP contribution in [-0.4, -0.2) is 17.4 Å². The topological polar surface area (TPSA) is 72.2 Å². The third kappa shape index (κ3) is 3.53. The van der Waals surface area contributed by atoms with Gasteiger partial charge in [-0.05, 0) is 46.8 Å². The van der Waals surface area contributed by atoms with Gasteiger partial charge in [-0.15, -0.1) is 0 Å². The molecule has 0 saturated heterocycles. The van der Waals surface area contributed by atoms with E-state index in [4.69, 9.17) is 0 Å². The van der Waals surface area contributed by atoms with Crippen molar-refractivity contribution in [1.29, 1.82) is 0 Å². The van der Waals surface area contributed by atoms with Crippen molar-refractivity contribution in [1.82, 2.24) is 5.32 Å². The summed E-state index contributed by atoms with van der Waals surface area (Å²) in [6.07, 6.45) is 4.76. The highest BCUT2D eigenvalue weighted by molar-refractivity contribution is 9.10. The molecule has 19 heavy (non-hydrogen) atoms. The van der Waals surface area contributed by atoms with Crippen molar-refractivity contribution in [3.05, 3.63) is 38.3 Å². The number of amides is 1. The molecule has 0 atom stereocenters. The Kier molecular flexibility index (Phi) is 4.52. The minimum atomic E-state index is -0.502. The van der Waals surface area contributed by atoms with Gasteiger partial charge in [-0.25, -0.2) is 0 Å². The van der Waals surface area contributed by atoms with Crippen LogP contribution in [0.2, 0.25) is 0 Å². The SMILES string of the molecule is O=C(NCC1CCCC1)c1ccc(Br)c([N+](=O)[O-])c1. The molecule has 0 radical (unpaired) electrons. The molecule has 1 aromatic carbocycles. The zero-order valence-electron chi connectivity index (χ0n) is 10.4. The average molecular weight is 327 g/mol. The maximum atomic E-state index is 11.9. The van der Waals surface area contributed by atoms with Crippen molar-refractivity contribution in [2.45, 2.75) is 25.7 Å². The fourth-order valence-electron chi connectivity index (χ4n) is 2.35. The smallest absolute Gasteiger partial charge is 0.284 e. The van der Waals surface area contributed by atoms with E-state index < -0.39 is 4.92 Å². The molecule has 1 aromatic rings. The third-order valence-electron chi connectivity index (χ3n) is 3.43. The first-order chi connectivity index (χ1) is 9.08. The largest absolute Gasteiger partial charge is 0.352 e. The lowest BCUT2D eigenvalue weighted by Gasteiger charge is -2.10. The maximum Gasteiger partial charge on any atom is 0.284 e. The maximum absolute atomic E-state index is 11.9. The van der Waals surface area contributed by atoms with Crippen LogP contribution in [0.4, 0.5) is 5.69 Å². The van der Waals surface area contributed by atoms with Crippen LogP contribution in [0.5, 0.6) is 0 Å². The number of nitrogens with one attached hydrogen (secondary N) is 1. The van der Waals surface area contributed by atoms with Crippen LogP contribution >= 0.6 is 15.9 Å². The molecule has 6 heteroatoms. The second-order valence-electron chi connectivity index (χ2n) is 4.78. The Labute approximate surface area is 119 Å². The summed E-state index contributed by atoms with van der Waals surface area (Å²) in [5.74, 6) is 0.303. The predicted octanol–water partition coefficient (Wildman–Crippen LogP) is 3.28. The zero-order valence-corrected chi connectivity index (χ0v) is 12.0. The second kappa shape index (κ2) is 6.14. The van der Waals surface area contributed by atoms with E-state index >= 15 is 0 Å². The Morgan fingerprint density at radius 3 is 2.74 bits per heavy atom. The molecule has 0 aromatic heterocycles.